The first kappa shape index (κ1) is 12.1. The summed E-state index contributed by atoms with van der Waals surface area (Å²) in [5.74, 6) is 0.410. The zero-order valence-corrected chi connectivity index (χ0v) is 9.05. The third-order valence-corrected chi connectivity index (χ3v) is 1.95. The summed E-state index contributed by atoms with van der Waals surface area (Å²) < 4.78 is 0. The summed E-state index contributed by atoms with van der Waals surface area (Å²) in [6.07, 6.45) is 2.55. The molecule has 0 aliphatic heterocycles. The standard InChI is InChI=1S/C10H20N2O/c1-5-6-7-10(13)12-11-9(4)8(2)3/h8H,5-7H2,1-4H3,(H,12,13). The molecule has 0 heterocycles. The second kappa shape index (κ2) is 6.63. The van der Waals surface area contributed by atoms with Crippen molar-refractivity contribution in [2.24, 2.45) is 11.0 Å². The van der Waals surface area contributed by atoms with Crippen LogP contribution in [0.4, 0.5) is 0 Å². The van der Waals surface area contributed by atoms with E-state index in [1.807, 2.05) is 6.92 Å². The van der Waals surface area contributed by atoms with Gasteiger partial charge in [-0.05, 0) is 19.3 Å². The van der Waals surface area contributed by atoms with Crippen molar-refractivity contribution in [1.29, 1.82) is 0 Å². The van der Waals surface area contributed by atoms with E-state index in [-0.39, 0.29) is 5.91 Å². The quantitative estimate of drug-likeness (QED) is 0.517. The maximum Gasteiger partial charge on any atom is 0.240 e. The molecule has 0 aliphatic rings. The van der Waals surface area contributed by atoms with Gasteiger partial charge in [0.1, 0.15) is 0 Å². The highest BCUT2D eigenvalue weighted by Gasteiger charge is 2.00. The van der Waals surface area contributed by atoms with Gasteiger partial charge in [0, 0.05) is 12.1 Å². The van der Waals surface area contributed by atoms with E-state index in [1.54, 1.807) is 0 Å². The van der Waals surface area contributed by atoms with Gasteiger partial charge in [0.15, 0.2) is 0 Å². The molecular weight excluding hydrogens is 164 g/mol. The van der Waals surface area contributed by atoms with Crippen molar-refractivity contribution in [3.05, 3.63) is 0 Å². The van der Waals surface area contributed by atoms with Crippen LogP contribution in [0.3, 0.4) is 0 Å². The number of hydrazone groups is 1. The lowest BCUT2D eigenvalue weighted by Gasteiger charge is -2.04. The van der Waals surface area contributed by atoms with Crippen molar-refractivity contribution >= 4 is 11.6 Å². The van der Waals surface area contributed by atoms with Crippen molar-refractivity contribution in [3.63, 3.8) is 0 Å². The lowest BCUT2D eigenvalue weighted by atomic mass is 10.1. The number of nitrogens with zero attached hydrogens (tertiary/aromatic N) is 1. The summed E-state index contributed by atoms with van der Waals surface area (Å²) in [7, 11) is 0. The Morgan fingerprint density at radius 2 is 2.08 bits per heavy atom. The molecule has 1 N–H and O–H groups in total. The first-order chi connectivity index (χ1) is 6.07. The molecule has 0 unspecified atom stereocenters. The highest BCUT2D eigenvalue weighted by atomic mass is 16.2. The molecule has 0 rings (SSSR count). The number of hydrogen-bond donors (Lipinski definition) is 1. The number of carbonyl (C=O) groups is 1. The zero-order valence-electron chi connectivity index (χ0n) is 9.05. The minimum atomic E-state index is 0.0156. The highest BCUT2D eigenvalue weighted by molar-refractivity contribution is 5.85. The molecule has 0 aliphatic carbocycles. The second-order valence-electron chi connectivity index (χ2n) is 3.55. The van der Waals surface area contributed by atoms with Crippen LogP contribution in [0.25, 0.3) is 0 Å². The minimum absolute atomic E-state index is 0.0156. The molecule has 0 radical (unpaired) electrons. The molecule has 3 nitrogen and oxygen atoms in total. The molecule has 13 heavy (non-hydrogen) atoms. The molecule has 1 amide bonds. The van der Waals surface area contributed by atoms with Gasteiger partial charge in [0.05, 0.1) is 0 Å². The normalized spacial score (nSPS) is 11.9. The summed E-state index contributed by atoms with van der Waals surface area (Å²) in [5.41, 5.74) is 3.51. The van der Waals surface area contributed by atoms with Gasteiger partial charge in [-0.1, -0.05) is 27.2 Å². The van der Waals surface area contributed by atoms with Crippen molar-refractivity contribution in [3.8, 4) is 0 Å². The lowest BCUT2D eigenvalue weighted by molar-refractivity contribution is -0.121. The van der Waals surface area contributed by atoms with E-state index in [2.05, 4.69) is 31.3 Å². The van der Waals surface area contributed by atoms with Crippen LogP contribution in [-0.2, 0) is 4.79 Å². The molecule has 0 aromatic heterocycles. The summed E-state index contributed by atoms with van der Waals surface area (Å²) in [5, 5.41) is 3.99. The van der Waals surface area contributed by atoms with Crippen molar-refractivity contribution in [2.45, 2.75) is 47.0 Å². The van der Waals surface area contributed by atoms with Gasteiger partial charge in [-0.3, -0.25) is 4.79 Å². The molecule has 76 valence electrons. The van der Waals surface area contributed by atoms with Crippen LogP contribution in [0.2, 0.25) is 0 Å². The third kappa shape index (κ3) is 6.31. The monoisotopic (exact) mass is 184 g/mol. The zero-order chi connectivity index (χ0) is 10.3. The Morgan fingerprint density at radius 1 is 1.46 bits per heavy atom. The summed E-state index contributed by atoms with van der Waals surface area (Å²) in [6.45, 7) is 8.09. The molecule has 0 fully saturated rings. The maximum absolute atomic E-state index is 11.1. The fourth-order valence-electron chi connectivity index (χ4n) is 0.673. The number of nitrogens with one attached hydrogen (secondary N) is 1. The van der Waals surface area contributed by atoms with E-state index in [0.717, 1.165) is 18.6 Å². The summed E-state index contributed by atoms with van der Waals surface area (Å²) in [6, 6.07) is 0. The van der Waals surface area contributed by atoms with Gasteiger partial charge in [0.25, 0.3) is 0 Å². The minimum Gasteiger partial charge on any atom is -0.273 e. The average molecular weight is 184 g/mol. The van der Waals surface area contributed by atoms with Crippen LogP contribution < -0.4 is 5.43 Å². The Balaban J connectivity index is 3.74. The van der Waals surface area contributed by atoms with E-state index in [4.69, 9.17) is 0 Å². The van der Waals surface area contributed by atoms with E-state index in [1.165, 1.54) is 0 Å². The van der Waals surface area contributed by atoms with Crippen molar-refractivity contribution in [1.82, 2.24) is 5.43 Å². The highest BCUT2D eigenvalue weighted by Crippen LogP contribution is 1.96. The van der Waals surface area contributed by atoms with E-state index >= 15 is 0 Å². The Kier molecular flexibility index (Phi) is 6.20. The molecule has 0 saturated carbocycles. The average Bonchev–Trinajstić information content (AvgIpc) is 2.10. The number of rotatable bonds is 5. The Bertz CT molecular complexity index is 185. The Hall–Kier alpha value is -0.860. The molecule has 0 saturated heterocycles. The topological polar surface area (TPSA) is 41.5 Å². The Morgan fingerprint density at radius 3 is 2.54 bits per heavy atom. The van der Waals surface area contributed by atoms with Crippen LogP contribution in [0, 0.1) is 5.92 Å². The fourth-order valence-corrected chi connectivity index (χ4v) is 0.673. The van der Waals surface area contributed by atoms with Crippen LogP contribution in [0.5, 0.6) is 0 Å². The first-order valence-electron chi connectivity index (χ1n) is 4.91. The number of unbranched alkanes of at least 4 members (excludes halogenated alkanes) is 1. The van der Waals surface area contributed by atoms with Gasteiger partial charge < -0.3 is 0 Å². The second-order valence-corrected chi connectivity index (χ2v) is 3.55. The van der Waals surface area contributed by atoms with E-state index in [9.17, 15) is 4.79 Å². The van der Waals surface area contributed by atoms with Gasteiger partial charge in [-0.2, -0.15) is 5.10 Å². The molecule has 0 aromatic carbocycles. The van der Waals surface area contributed by atoms with Gasteiger partial charge >= 0.3 is 0 Å². The SMILES string of the molecule is CCCCC(=O)NN=C(C)C(C)C. The number of amides is 1. The van der Waals surface area contributed by atoms with Crippen LogP contribution >= 0.6 is 0 Å². The van der Waals surface area contributed by atoms with Gasteiger partial charge in [-0.15, -0.1) is 0 Å². The Labute approximate surface area is 80.6 Å². The van der Waals surface area contributed by atoms with Crippen LogP contribution in [-0.4, -0.2) is 11.6 Å². The molecular formula is C10H20N2O. The van der Waals surface area contributed by atoms with E-state index < -0.39 is 0 Å². The van der Waals surface area contributed by atoms with Gasteiger partial charge in [-0.25, -0.2) is 5.43 Å². The van der Waals surface area contributed by atoms with Crippen molar-refractivity contribution in [2.75, 3.05) is 0 Å². The third-order valence-electron chi connectivity index (χ3n) is 1.95. The maximum atomic E-state index is 11.1. The molecule has 0 aromatic rings. The number of carbonyl (C=O) groups excluding carboxylic acids is 1. The largest absolute Gasteiger partial charge is 0.273 e. The summed E-state index contributed by atoms with van der Waals surface area (Å²) >= 11 is 0. The van der Waals surface area contributed by atoms with Gasteiger partial charge in [0.2, 0.25) is 5.91 Å². The predicted octanol–water partition coefficient (Wildman–Crippen LogP) is 2.32. The molecule has 3 heteroatoms. The van der Waals surface area contributed by atoms with E-state index in [0.29, 0.717) is 12.3 Å². The molecule has 0 bridgehead atoms. The molecule has 0 atom stereocenters. The predicted molar refractivity (Wildman–Crippen MR) is 55.6 cm³/mol. The van der Waals surface area contributed by atoms with Crippen LogP contribution in [0.1, 0.15) is 47.0 Å². The summed E-state index contributed by atoms with van der Waals surface area (Å²) in [4.78, 5) is 11.1. The van der Waals surface area contributed by atoms with Crippen LogP contribution in [0.15, 0.2) is 5.10 Å². The first-order valence-corrected chi connectivity index (χ1v) is 4.91. The smallest absolute Gasteiger partial charge is 0.240 e. The molecule has 0 spiro atoms. The number of hydrogen-bond acceptors (Lipinski definition) is 2. The fraction of sp³-hybridized carbons (Fsp3) is 0.800. The lowest BCUT2D eigenvalue weighted by Crippen LogP contribution is -2.19. The van der Waals surface area contributed by atoms with Crippen molar-refractivity contribution < 1.29 is 4.79 Å².